The van der Waals surface area contributed by atoms with Crippen LogP contribution in [-0.4, -0.2) is 176 Å². The van der Waals surface area contributed by atoms with Gasteiger partial charge in [-0.1, -0.05) is 61.8 Å². The highest BCUT2D eigenvalue weighted by Crippen LogP contribution is 2.14. The molecule has 32 heteroatoms. The van der Waals surface area contributed by atoms with Crippen LogP contribution in [0.25, 0.3) is 0 Å². The number of hydrogen-bond donors (Lipinski definition) is 17. The van der Waals surface area contributed by atoms with Gasteiger partial charge >= 0.3 is 23.9 Å². The maximum atomic E-state index is 14.2. The first kappa shape index (κ1) is 76.0. The zero-order chi connectivity index (χ0) is 64.7. The molecule has 0 saturated heterocycles. The van der Waals surface area contributed by atoms with Crippen molar-refractivity contribution < 1.29 is 92.3 Å². The Kier molecular flexibility index (Phi) is 35.0. The molecule has 0 unspecified atom stereocenters. The molecule has 0 aromatic rings. The number of amides is 11. The Balaban J connectivity index is 6.98. The number of nitrogens with one attached hydrogen (secondary N) is 9. The predicted molar refractivity (Wildman–Crippen MR) is 297 cm³/mol. The van der Waals surface area contributed by atoms with Crippen molar-refractivity contribution in [3.05, 3.63) is 0 Å². The summed E-state index contributed by atoms with van der Waals surface area (Å²) in [6.45, 7) is 13.8. The average Bonchev–Trinajstić information content (AvgIpc) is 3.60. The first-order chi connectivity index (χ1) is 39.0. The Labute approximate surface area is 486 Å². The predicted octanol–water partition coefficient (Wildman–Crippen LogP) is -3.97. The molecule has 0 fully saturated rings. The van der Waals surface area contributed by atoms with Crippen LogP contribution in [0.1, 0.15) is 145 Å². The molecule has 0 aliphatic carbocycles. The molecule has 11 atom stereocenters. The van der Waals surface area contributed by atoms with Crippen LogP contribution in [0.15, 0.2) is 0 Å². The lowest BCUT2D eigenvalue weighted by Gasteiger charge is -2.29. The Morgan fingerprint density at radius 3 is 0.988 bits per heavy atom. The van der Waals surface area contributed by atoms with Gasteiger partial charge in [-0.2, -0.15) is 0 Å². The smallest absolute Gasteiger partial charge is 0.326 e. The minimum Gasteiger partial charge on any atom is -0.481 e. The second-order valence-corrected chi connectivity index (χ2v) is 21.8. The van der Waals surface area contributed by atoms with Crippen molar-refractivity contribution in [1.29, 1.82) is 0 Å². The van der Waals surface area contributed by atoms with Gasteiger partial charge in [-0.3, -0.25) is 67.1 Å². The van der Waals surface area contributed by atoms with Crippen molar-refractivity contribution in [3.63, 3.8) is 0 Å². The molecule has 0 rings (SSSR count). The highest BCUT2D eigenvalue weighted by atomic mass is 16.4. The van der Waals surface area contributed by atoms with Gasteiger partial charge in [0, 0.05) is 12.8 Å². The molecule has 0 aliphatic rings. The molecule has 11 amide bonds. The van der Waals surface area contributed by atoms with Crippen LogP contribution in [0, 0.1) is 23.7 Å². The summed E-state index contributed by atoms with van der Waals surface area (Å²) < 4.78 is 0. The highest BCUT2D eigenvalue weighted by molar-refractivity contribution is 6.00. The Morgan fingerprint density at radius 2 is 0.679 bits per heavy atom. The van der Waals surface area contributed by atoms with Crippen LogP contribution >= 0.6 is 0 Å². The lowest BCUT2D eigenvalue weighted by atomic mass is 9.97. The van der Waals surface area contributed by atoms with Gasteiger partial charge in [0.25, 0.3) is 0 Å². The Morgan fingerprint density at radius 1 is 0.369 bits per heavy atom. The maximum absolute atomic E-state index is 14.2. The third kappa shape index (κ3) is 30.9. The van der Waals surface area contributed by atoms with Crippen molar-refractivity contribution in [3.8, 4) is 0 Å². The van der Waals surface area contributed by atoms with E-state index in [2.05, 4.69) is 47.9 Å². The molecular formula is C52H89N13O19. The molecule has 0 saturated carbocycles. The van der Waals surface area contributed by atoms with Gasteiger partial charge in [0.1, 0.15) is 54.4 Å². The molecule has 0 spiro atoms. The number of hydrogen-bond acceptors (Lipinski definition) is 17. The summed E-state index contributed by atoms with van der Waals surface area (Å²) in [7, 11) is 0. The Bertz CT molecular complexity index is 2320. The maximum Gasteiger partial charge on any atom is 0.326 e. The largest absolute Gasteiger partial charge is 0.481 e. The van der Waals surface area contributed by atoms with Gasteiger partial charge in [0.15, 0.2) is 0 Å². The van der Waals surface area contributed by atoms with Crippen molar-refractivity contribution in [2.45, 2.75) is 206 Å². The van der Waals surface area contributed by atoms with E-state index in [0.717, 1.165) is 0 Å². The topological polar surface area (TPSA) is 549 Å². The van der Waals surface area contributed by atoms with E-state index in [4.69, 9.17) is 22.9 Å². The number of rotatable bonds is 43. The highest BCUT2D eigenvalue weighted by Gasteiger charge is 2.38. The SMILES string of the molecule is CC[C@H](C)[C@H](N)C(=O)N[C@@H](CC(C)C)C(=O)N[C@@H](CC(=O)O)C(=O)N[C@@H](CC(C)C)C(=O)N[C@@H](CCC(N)=O)C(=O)N[C@@H](CC(C)C)C(=O)N[C@@H](CCC(=O)O)C(=O)N[C@@H](CC(=O)O)C(=O)N[C@@H](CC(N)=O)C(=O)N[C@@H](CCCCN)C(=O)O. The summed E-state index contributed by atoms with van der Waals surface area (Å²) >= 11 is 0. The molecule has 0 heterocycles. The number of carbonyl (C=O) groups is 15. The second-order valence-electron chi connectivity index (χ2n) is 21.8. The lowest BCUT2D eigenvalue weighted by Crippen LogP contribution is -2.61. The van der Waals surface area contributed by atoms with E-state index in [0.29, 0.717) is 12.8 Å². The molecule has 32 nitrogen and oxygen atoms in total. The molecule has 0 bridgehead atoms. The number of carbonyl (C=O) groups excluding carboxylic acids is 11. The van der Waals surface area contributed by atoms with E-state index in [9.17, 15) is 92.3 Å². The fraction of sp³-hybridized carbons (Fsp3) is 0.712. The molecule has 0 radical (unpaired) electrons. The van der Waals surface area contributed by atoms with Crippen LogP contribution in [0.5, 0.6) is 0 Å². The number of carboxylic acid groups (broad SMARTS) is 4. The van der Waals surface area contributed by atoms with Crippen molar-refractivity contribution in [1.82, 2.24) is 47.9 Å². The van der Waals surface area contributed by atoms with Crippen LogP contribution in [0.4, 0.5) is 0 Å². The van der Waals surface area contributed by atoms with E-state index < -0.39 is 200 Å². The molecule has 84 heavy (non-hydrogen) atoms. The van der Waals surface area contributed by atoms with Crippen molar-refractivity contribution in [2.75, 3.05) is 6.54 Å². The third-order valence-corrected chi connectivity index (χ3v) is 12.8. The number of aliphatic carboxylic acids is 4. The van der Waals surface area contributed by atoms with E-state index in [1.54, 1.807) is 48.5 Å². The summed E-state index contributed by atoms with van der Waals surface area (Å²) in [5.41, 5.74) is 22.2. The van der Waals surface area contributed by atoms with E-state index in [-0.39, 0.29) is 56.4 Å². The minimum atomic E-state index is -2.12. The summed E-state index contributed by atoms with van der Waals surface area (Å²) in [6, 6.07) is -16.5. The van der Waals surface area contributed by atoms with Gasteiger partial charge in [0.05, 0.1) is 25.3 Å². The standard InChI is InChI=1S/C52H89N13O19/c1-9-27(8)42(56)51(82)65-33(20-26(6)7)47(78)64-36(23-41(72)73)49(80)61-32(19-25(4)5)46(77)57-28(13-15-37(54)66)43(74)60-31(18-24(2)3)45(76)58-29(14-16-39(68)69)44(75)63-35(22-40(70)71)50(81)62-34(21-38(55)67)48(79)59-30(52(83)84)12-10-11-17-53/h24-36,42H,9-23,53,56H2,1-8H3,(H2,54,66)(H2,55,67)(H,57,77)(H,58,76)(H,59,79)(H,60,74)(H,61,80)(H,62,81)(H,63,75)(H,64,78)(H,65,82)(H,68,69)(H,70,71)(H,72,73)(H,83,84)/t27-,28-,29-,30-,31-,32-,33-,34-,35-,36-,42-/m0/s1. The van der Waals surface area contributed by atoms with Crippen LogP contribution in [0.2, 0.25) is 0 Å². The first-order valence-corrected chi connectivity index (χ1v) is 27.7. The summed E-state index contributed by atoms with van der Waals surface area (Å²) in [4.78, 5) is 195. The minimum absolute atomic E-state index is 0.0542. The van der Waals surface area contributed by atoms with Crippen LogP contribution < -0.4 is 70.8 Å². The molecule has 476 valence electrons. The summed E-state index contributed by atoms with van der Waals surface area (Å²) in [5.74, 6) is -19.7. The van der Waals surface area contributed by atoms with Gasteiger partial charge in [-0.25, -0.2) is 4.79 Å². The fourth-order valence-corrected chi connectivity index (χ4v) is 8.09. The first-order valence-electron chi connectivity index (χ1n) is 27.7. The van der Waals surface area contributed by atoms with Gasteiger partial charge in [-0.05, 0) is 81.6 Å². The monoisotopic (exact) mass is 1200 g/mol. The van der Waals surface area contributed by atoms with Crippen LogP contribution in [0.3, 0.4) is 0 Å². The van der Waals surface area contributed by atoms with E-state index in [1.807, 2.05) is 6.92 Å². The quantitative estimate of drug-likeness (QED) is 0.0259. The zero-order valence-electron chi connectivity index (χ0n) is 48.9. The summed E-state index contributed by atoms with van der Waals surface area (Å²) in [6.07, 6.45) is -5.00. The molecular weight excluding hydrogens is 1110 g/mol. The summed E-state index contributed by atoms with van der Waals surface area (Å²) in [5, 5.41) is 59.4. The molecule has 21 N–H and O–H groups in total. The third-order valence-electron chi connectivity index (χ3n) is 12.8. The molecule has 0 aliphatic heterocycles. The fourth-order valence-electron chi connectivity index (χ4n) is 8.09. The zero-order valence-corrected chi connectivity index (χ0v) is 48.9. The Hall–Kier alpha value is -8.03. The van der Waals surface area contributed by atoms with Gasteiger partial charge in [0.2, 0.25) is 65.0 Å². The number of primary amides is 2. The second kappa shape index (κ2) is 38.7. The van der Waals surface area contributed by atoms with Crippen molar-refractivity contribution >= 4 is 88.9 Å². The van der Waals surface area contributed by atoms with Crippen molar-refractivity contribution in [2.24, 2.45) is 46.6 Å². The number of nitrogens with two attached hydrogens (primary N) is 4. The molecule has 0 aromatic carbocycles. The normalized spacial score (nSPS) is 15.1. The lowest BCUT2D eigenvalue weighted by molar-refractivity contribution is -0.144. The number of carboxylic acids is 4. The number of unbranched alkanes of at least 4 members (excludes halogenated alkanes) is 1. The van der Waals surface area contributed by atoms with Crippen LogP contribution in [-0.2, 0) is 71.9 Å². The van der Waals surface area contributed by atoms with E-state index >= 15 is 0 Å². The van der Waals surface area contributed by atoms with Gasteiger partial charge in [-0.15, -0.1) is 0 Å². The van der Waals surface area contributed by atoms with Gasteiger partial charge < -0.3 is 91.2 Å². The average molecular weight is 1200 g/mol. The van der Waals surface area contributed by atoms with E-state index in [1.165, 1.54) is 0 Å². The molecule has 0 aromatic heterocycles.